The molecule has 20 heavy (non-hydrogen) atoms. The van der Waals surface area contributed by atoms with Crippen molar-refractivity contribution >= 4 is 29.2 Å². The molecule has 0 radical (unpaired) electrons. The maximum Gasteiger partial charge on any atom is 0.196 e. The second kappa shape index (κ2) is 4.38. The molecule has 102 valence electrons. The molecule has 0 aliphatic rings. The lowest BCUT2D eigenvalue weighted by atomic mass is 10.0. The Kier molecular flexibility index (Phi) is 2.79. The summed E-state index contributed by atoms with van der Waals surface area (Å²) in [6.07, 6.45) is 2.26. The monoisotopic (exact) mass is 268 g/mol. The summed E-state index contributed by atoms with van der Waals surface area (Å²) in [4.78, 5) is 12.8. The van der Waals surface area contributed by atoms with E-state index in [4.69, 9.17) is 0 Å². The minimum absolute atomic E-state index is 0.499. The van der Waals surface area contributed by atoms with Gasteiger partial charge in [-0.15, -0.1) is 0 Å². The van der Waals surface area contributed by atoms with Crippen LogP contribution in [0.5, 0.6) is 0 Å². The molecular formula is C15H16N4O. The second-order valence-electron chi connectivity index (χ2n) is 5.48. The number of imidazole rings is 1. The maximum absolute atomic E-state index is 10.1. The zero-order valence-corrected chi connectivity index (χ0v) is 11.5. The van der Waals surface area contributed by atoms with E-state index in [1.165, 1.54) is 0 Å². The van der Waals surface area contributed by atoms with Crippen molar-refractivity contribution in [3.8, 4) is 0 Å². The molecule has 0 aliphatic heterocycles. The summed E-state index contributed by atoms with van der Waals surface area (Å²) < 4.78 is 1.99. The summed E-state index contributed by atoms with van der Waals surface area (Å²) in [6, 6.07) is 7.80. The number of rotatable bonds is 3. The summed E-state index contributed by atoms with van der Waals surface area (Å²) >= 11 is 0. The van der Waals surface area contributed by atoms with Gasteiger partial charge in [-0.05, 0) is 32.7 Å². The molecule has 5 nitrogen and oxygen atoms in total. The van der Waals surface area contributed by atoms with Gasteiger partial charge in [-0.2, -0.15) is 0 Å². The van der Waals surface area contributed by atoms with Crippen molar-refractivity contribution in [3.05, 3.63) is 36.2 Å². The largest absolute Gasteiger partial charge is 0.390 e. The Balaban J connectivity index is 2.39. The first kappa shape index (κ1) is 12.7. The van der Waals surface area contributed by atoms with Gasteiger partial charge in [-0.25, -0.2) is 15.0 Å². The molecule has 0 aliphatic carbocycles. The lowest BCUT2D eigenvalue weighted by Gasteiger charge is -2.17. The fraction of sp³-hybridized carbons (Fsp3) is 0.267. The Morgan fingerprint density at radius 2 is 2.10 bits per heavy atom. The fourth-order valence-electron chi connectivity index (χ4n) is 2.40. The summed E-state index contributed by atoms with van der Waals surface area (Å²) in [5.41, 5.74) is 2.57. The van der Waals surface area contributed by atoms with Gasteiger partial charge in [0.2, 0.25) is 0 Å². The van der Waals surface area contributed by atoms with E-state index in [9.17, 15) is 5.11 Å². The summed E-state index contributed by atoms with van der Waals surface area (Å²) in [5.74, 6) is 0.505. The van der Waals surface area contributed by atoms with E-state index in [1.807, 2.05) is 28.7 Å². The highest BCUT2D eigenvalue weighted by Crippen LogP contribution is 2.25. The van der Waals surface area contributed by atoms with Gasteiger partial charge < -0.3 is 5.11 Å². The Hall–Kier alpha value is -2.27. The minimum atomic E-state index is -0.803. The summed E-state index contributed by atoms with van der Waals surface area (Å²) in [6.45, 7) is 7.12. The number of fused-ring (bicyclic) bond motifs is 3. The fourth-order valence-corrected chi connectivity index (χ4v) is 2.40. The first-order chi connectivity index (χ1) is 9.49. The molecule has 1 N–H and O–H groups in total. The van der Waals surface area contributed by atoms with Gasteiger partial charge in [0.15, 0.2) is 11.5 Å². The quantitative estimate of drug-likeness (QED) is 0.742. The summed E-state index contributed by atoms with van der Waals surface area (Å²) in [5, 5.41) is 10.1. The Morgan fingerprint density at radius 3 is 2.80 bits per heavy atom. The number of hydrogen-bond donors (Lipinski definition) is 1. The van der Waals surface area contributed by atoms with Gasteiger partial charge in [0.1, 0.15) is 0 Å². The first-order valence-corrected chi connectivity index (χ1v) is 6.44. The number of nitrogens with zero attached hydrogens (tertiary/aromatic N) is 4. The Labute approximate surface area is 116 Å². The number of benzene rings is 1. The van der Waals surface area contributed by atoms with Gasteiger partial charge in [-0.3, -0.25) is 4.40 Å². The van der Waals surface area contributed by atoms with Crippen LogP contribution < -0.4 is 0 Å². The van der Waals surface area contributed by atoms with Crippen molar-refractivity contribution in [2.24, 2.45) is 4.99 Å². The average molecular weight is 268 g/mol. The smallest absolute Gasteiger partial charge is 0.196 e. The molecule has 3 aromatic rings. The zero-order chi connectivity index (χ0) is 14.3. The van der Waals surface area contributed by atoms with Crippen LogP contribution in [-0.2, 0) is 6.42 Å². The van der Waals surface area contributed by atoms with Crippen LogP contribution >= 0.6 is 0 Å². The Morgan fingerprint density at radius 1 is 1.35 bits per heavy atom. The summed E-state index contributed by atoms with van der Waals surface area (Å²) in [7, 11) is 0. The molecule has 2 aromatic heterocycles. The highest BCUT2D eigenvalue weighted by atomic mass is 16.3. The third kappa shape index (κ3) is 2.06. The van der Waals surface area contributed by atoms with Gasteiger partial charge >= 0.3 is 0 Å². The molecule has 0 atom stereocenters. The molecule has 0 saturated carbocycles. The molecule has 0 bridgehead atoms. The van der Waals surface area contributed by atoms with E-state index in [0.29, 0.717) is 17.9 Å². The highest BCUT2D eigenvalue weighted by molar-refractivity contribution is 5.82. The molecule has 2 heterocycles. The van der Waals surface area contributed by atoms with Crippen LogP contribution in [0, 0.1) is 0 Å². The molecule has 1 aromatic carbocycles. The van der Waals surface area contributed by atoms with Gasteiger partial charge in [0, 0.05) is 18.3 Å². The van der Waals surface area contributed by atoms with Gasteiger partial charge in [0.05, 0.1) is 16.6 Å². The van der Waals surface area contributed by atoms with Crippen molar-refractivity contribution in [3.63, 3.8) is 0 Å². The molecule has 0 unspecified atom stereocenters. The normalized spacial score (nSPS) is 12.2. The van der Waals surface area contributed by atoms with Crippen molar-refractivity contribution in [2.45, 2.75) is 25.9 Å². The maximum atomic E-state index is 10.1. The lowest BCUT2D eigenvalue weighted by molar-refractivity contribution is 0.0798. The van der Waals surface area contributed by atoms with Crippen LogP contribution in [0.25, 0.3) is 16.7 Å². The van der Waals surface area contributed by atoms with E-state index in [-0.39, 0.29) is 0 Å². The number of aliphatic imine (C=N–C) groups is 1. The number of aromatic nitrogens is 3. The second-order valence-corrected chi connectivity index (χ2v) is 5.48. The van der Waals surface area contributed by atoms with Crippen molar-refractivity contribution in [1.29, 1.82) is 0 Å². The lowest BCUT2D eigenvalue weighted by Crippen LogP contribution is -2.22. The predicted molar refractivity (Wildman–Crippen MR) is 79.7 cm³/mol. The minimum Gasteiger partial charge on any atom is -0.390 e. The third-order valence-electron chi connectivity index (χ3n) is 3.15. The molecule has 3 rings (SSSR count). The topological polar surface area (TPSA) is 62.8 Å². The molecule has 0 fully saturated rings. The molecule has 5 heteroatoms. The molecule has 0 saturated heterocycles. The van der Waals surface area contributed by atoms with Gasteiger partial charge in [-0.1, -0.05) is 12.1 Å². The van der Waals surface area contributed by atoms with E-state index in [0.717, 1.165) is 16.7 Å². The average Bonchev–Trinajstić information content (AvgIpc) is 2.80. The van der Waals surface area contributed by atoms with Crippen LogP contribution in [0.1, 0.15) is 19.5 Å². The number of aliphatic hydroxyl groups is 1. The number of hydrogen-bond acceptors (Lipinski definition) is 4. The van der Waals surface area contributed by atoms with E-state index >= 15 is 0 Å². The predicted octanol–water partition coefficient (Wildman–Crippen LogP) is 2.53. The molecule has 0 spiro atoms. The van der Waals surface area contributed by atoms with E-state index in [1.54, 1.807) is 20.0 Å². The standard InChI is InChI=1S/C15H16N4O/c1-15(2,20)8-10-9-17-14-13(16-3)18-11-6-4-5-7-12(11)19(10)14/h4-7,9,20H,3,8H2,1-2H3. The van der Waals surface area contributed by atoms with Crippen LogP contribution in [0.4, 0.5) is 5.82 Å². The number of para-hydroxylation sites is 2. The molecular weight excluding hydrogens is 252 g/mol. The highest BCUT2D eigenvalue weighted by Gasteiger charge is 2.19. The van der Waals surface area contributed by atoms with E-state index < -0.39 is 5.60 Å². The van der Waals surface area contributed by atoms with Crippen molar-refractivity contribution in [2.75, 3.05) is 0 Å². The Bertz CT molecular complexity index is 799. The zero-order valence-electron chi connectivity index (χ0n) is 11.5. The van der Waals surface area contributed by atoms with Crippen LogP contribution in [0.2, 0.25) is 0 Å². The third-order valence-corrected chi connectivity index (χ3v) is 3.15. The van der Waals surface area contributed by atoms with Gasteiger partial charge in [0.25, 0.3) is 0 Å². The van der Waals surface area contributed by atoms with Crippen LogP contribution in [0.3, 0.4) is 0 Å². The van der Waals surface area contributed by atoms with E-state index in [2.05, 4.69) is 21.7 Å². The SMILES string of the molecule is C=Nc1nc2ccccc2n2c(CC(C)(C)O)cnc12. The first-order valence-electron chi connectivity index (χ1n) is 6.44. The molecule has 0 amide bonds. The van der Waals surface area contributed by atoms with Crippen molar-refractivity contribution in [1.82, 2.24) is 14.4 Å². The van der Waals surface area contributed by atoms with Crippen LogP contribution in [-0.4, -0.2) is 31.8 Å². The van der Waals surface area contributed by atoms with Crippen LogP contribution in [0.15, 0.2) is 35.5 Å². The van der Waals surface area contributed by atoms with Crippen molar-refractivity contribution < 1.29 is 5.11 Å².